The molecule has 6 nitrogen and oxygen atoms in total. The van der Waals surface area contributed by atoms with Gasteiger partial charge in [0.05, 0.1) is 19.2 Å². The summed E-state index contributed by atoms with van der Waals surface area (Å²) in [4.78, 5) is 28.7. The number of esters is 1. The van der Waals surface area contributed by atoms with E-state index in [0.29, 0.717) is 17.4 Å². The zero-order chi connectivity index (χ0) is 17.4. The maximum atomic E-state index is 11.9. The summed E-state index contributed by atoms with van der Waals surface area (Å²) in [5.74, 6) is -0.610. The molecule has 128 valence electrons. The number of nitrogens with zero attached hydrogens (tertiary/aromatic N) is 1. The van der Waals surface area contributed by atoms with E-state index in [1.54, 1.807) is 0 Å². The quantitative estimate of drug-likeness (QED) is 0.586. The molecule has 0 unspecified atom stereocenters. The summed E-state index contributed by atoms with van der Waals surface area (Å²) in [6, 6.07) is 9.52. The highest BCUT2D eigenvalue weighted by atomic mass is 32.1. The molecule has 2 rings (SSSR count). The van der Waals surface area contributed by atoms with Crippen LogP contribution in [-0.2, 0) is 25.5 Å². The zero-order valence-corrected chi connectivity index (χ0v) is 14.5. The van der Waals surface area contributed by atoms with E-state index < -0.39 is 0 Å². The largest absolute Gasteiger partial charge is 0.469 e. The number of hydrogen-bond donors (Lipinski definition) is 1. The van der Waals surface area contributed by atoms with Gasteiger partial charge in [0, 0.05) is 17.0 Å². The third-order valence-corrected chi connectivity index (χ3v) is 4.08. The Morgan fingerprint density at radius 2 is 2.00 bits per heavy atom. The molecule has 1 aromatic heterocycles. The van der Waals surface area contributed by atoms with Crippen molar-refractivity contribution < 1.29 is 19.1 Å². The Labute approximate surface area is 144 Å². The number of amides is 1. The van der Waals surface area contributed by atoms with Gasteiger partial charge in [0.25, 0.3) is 5.91 Å². The number of aromatic nitrogens is 1. The molecule has 1 aromatic carbocycles. The topological polar surface area (TPSA) is 77.5 Å². The van der Waals surface area contributed by atoms with Crippen LogP contribution >= 0.6 is 11.3 Å². The van der Waals surface area contributed by atoms with Gasteiger partial charge in [-0.1, -0.05) is 37.3 Å². The van der Waals surface area contributed by atoms with Gasteiger partial charge in [0.2, 0.25) is 0 Å². The van der Waals surface area contributed by atoms with Gasteiger partial charge in [-0.2, -0.15) is 0 Å². The summed E-state index contributed by atoms with van der Waals surface area (Å²) in [7, 11) is 1.35. The minimum Gasteiger partial charge on any atom is -0.469 e. The Kier molecular flexibility index (Phi) is 6.89. The Bertz CT molecular complexity index is 685. The van der Waals surface area contributed by atoms with Gasteiger partial charge in [-0.25, -0.2) is 4.98 Å². The predicted molar refractivity (Wildman–Crippen MR) is 93.0 cm³/mol. The highest BCUT2D eigenvalue weighted by Crippen LogP contribution is 2.31. The smallest absolute Gasteiger partial charge is 0.310 e. The van der Waals surface area contributed by atoms with E-state index in [2.05, 4.69) is 10.3 Å². The lowest BCUT2D eigenvalue weighted by Crippen LogP contribution is -2.18. The second-order valence-electron chi connectivity index (χ2n) is 5.01. The van der Waals surface area contributed by atoms with E-state index in [1.165, 1.54) is 18.4 Å². The molecule has 0 fully saturated rings. The number of rotatable bonds is 8. The van der Waals surface area contributed by atoms with Gasteiger partial charge in [0.1, 0.15) is 6.61 Å². The SMILES string of the molecule is CCCOCC(=O)Nc1nc(-c2ccccc2)c(CC(=O)OC)s1. The Morgan fingerprint density at radius 1 is 1.25 bits per heavy atom. The number of thiazole rings is 1. The lowest BCUT2D eigenvalue weighted by Gasteiger charge is -2.02. The van der Waals surface area contributed by atoms with Crippen molar-refractivity contribution in [1.82, 2.24) is 4.98 Å². The van der Waals surface area contributed by atoms with Crippen LogP contribution in [0.1, 0.15) is 18.2 Å². The Balaban J connectivity index is 2.18. The molecule has 2 aromatic rings. The van der Waals surface area contributed by atoms with Crippen LogP contribution in [0.15, 0.2) is 30.3 Å². The molecule has 7 heteroatoms. The van der Waals surface area contributed by atoms with Crippen molar-refractivity contribution in [1.29, 1.82) is 0 Å². The fraction of sp³-hybridized carbons (Fsp3) is 0.353. The molecule has 0 spiro atoms. The highest BCUT2D eigenvalue weighted by molar-refractivity contribution is 7.16. The van der Waals surface area contributed by atoms with Gasteiger partial charge in [0.15, 0.2) is 5.13 Å². The van der Waals surface area contributed by atoms with E-state index in [0.717, 1.165) is 16.9 Å². The van der Waals surface area contributed by atoms with E-state index >= 15 is 0 Å². The van der Waals surface area contributed by atoms with Gasteiger partial charge in [-0.15, -0.1) is 11.3 Å². The molecule has 24 heavy (non-hydrogen) atoms. The lowest BCUT2D eigenvalue weighted by atomic mass is 10.1. The Morgan fingerprint density at radius 3 is 2.67 bits per heavy atom. The number of methoxy groups -OCH3 is 1. The molecular formula is C17H20N2O4S. The van der Waals surface area contributed by atoms with Crippen molar-refractivity contribution in [3.63, 3.8) is 0 Å². The maximum Gasteiger partial charge on any atom is 0.310 e. The first-order valence-electron chi connectivity index (χ1n) is 7.63. The molecule has 0 saturated carbocycles. The molecule has 1 N–H and O–H groups in total. The van der Waals surface area contributed by atoms with Crippen LogP contribution in [-0.4, -0.2) is 37.2 Å². The van der Waals surface area contributed by atoms with Crippen LogP contribution < -0.4 is 5.32 Å². The van der Waals surface area contributed by atoms with Crippen molar-refractivity contribution in [3.05, 3.63) is 35.2 Å². The number of benzene rings is 1. The summed E-state index contributed by atoms with van der Waals surface area (Å²) in [5.41, 5.74) is 1.56. The first-order chi connectivity index (χ1) is 11.6. The van der Waals surface area contributed by atoms with Crippen LogP contribution in [0.2, 0.25) is 0 Å². The lowest BCUT2D eigenvalue weighted by molar-refractivity contribution is -0.139. The molecule has 0 atom stereocenters. The third kappa shape index (κ3) is 5.14. The van der Waals surface area contributed by atoms with Crippen LogP contribution in [0.25, 0.3) is 11.3 Å². The molecule has 0 saturated heterocycles. The molecule has 1 amide bonds. The first-order valence-corrected chi connectivity index (χ1v) is 8.45. The second kappa shape index (κ2) is 9.14. The van der Waals surface area contributed by atoms with Crippen LogP contribution in [0, 0.1) is 0 Å². The van der Waals surface area contributed by atoms with Crippen molar-refractivity contribution in [3.8, 4) is 11.3 Å². The molecule has 0 aliphatic carbocycles. The van der Waals surface area contributed by atoms with E-state index in [4.69, 9.17) is 9.47 Å². The van der Waals surface area contributed by atoms with Crippen LogP contribution in [0.3, 0.4) is 0 Å². The van der Waals surface area contributed by atoms with Crippen molar-refractivity contribution in [2.45, 2.75) is 19.8 Å². The minimum absolute atomic E-state index is 0.0135. The summed E-state index contributed by atoms with van der Waals surface area (Å²) in [5, 5.41) is 3.16. The van der Waals surface area contributed by atoms with E-state index in [-0.39, 0.29) is 24.9 Å². The standard InChI is InChI=1S/C17H20N2O4S/c1-3-9-23-11-14(20)18-17-19-16(12-7-5-4-6-8-12)13(24-17)10-15(21)22-2/h4-8H,3,9-11H2,1-2H3,(H,18,19,20). The zero-order valence-electron chi connectivity index (χ0n) is 13.7. The number of ether oxygens (including phenoxy) is 2. The summed E-state index contributed by atoms with van der Waals surface area (Å²) in [6.07, 6.45) is 0.965. The monoisotopic (exact) mass is 348 g/mol. The second-order valence-corrected chi connectivity index (χ2v) is 6.09. The molecule has 0 aliphatic rings. The maximum absolute atomic E-state index is 11.9. The first kappa shape index (κ1) is 18.1. The van der Waals surface area contributed by atoms with E-state index in [1.807, 2.05) is 37.3 Å². The average Bonchev–Trinajstić information content (AvgIpc) is 2.98. The normalized spacial score (nSPS) is 10.4. The molecule has 0 aliphatic heterocycles. The van der Waals surface area contributed by atoms with E-state index in [9.17, 15) is 9.59 Å². The van der Waals surface area contributed by atoms with Crippen molar-refractivity contribution in [2.24, 2.45) is 0 Å². The van der Waals surface area contributed by atoms with Gasteiger partial charge >= 0.3 is 5.97 Å². The molecule has 0 radical (unpaired) electrons. The summed E-state index contributed by atoms with van der Waals surface area (Å²) < 4.78 is 9.94. The molecule has 0 bridgehead atoms. The van der Waals surface area contributed by atoms with Crippen molar-refractivity contribution >= 4 is 28.3 Å². The molecule has 1 heterocycles. The fourth-order valence-electron chi connectivity index (χ4n) is 2.01. The van der Waals surface area contributed by atoms with Gasteiger partial charge in [-0.05, 0) is 6.42 Å². The summed E-state index contributed by atoms with van der Waals surface area (Å²) in [6.45, 7) is 2.50. The van der Waals surface area contributed by atoms with Crippen LogP contribution in [0.5, 0.6) is 0 Å². The number of carbonyl (C=O) groups is 2. The number of nitrogens with one attached hydrogen (secondary N) is 1. The number of anilines is 1. The number of carbonyl (C=O) groups excluding carboxylic acids is 2. The highest BCUT2D eigenvalue weighted by Gasteiger charge is 2.17. The summed E-state index contributed by atoms with van der Waals surface area (Å²) >= 11 is 1.27. The Hall–Kier alpha value is -2.25. The average molecular weight is 348 g/mol. The third-order valence-electron chi connectivity index (χ3n) is 3.11. The van der Waals surface area contributed by atoms with Gasteiger partial charge < -0.3 is 9.47 Å². The predicted octanol–water partition coefficient (Wildman–Crippen LogP) is 2.89. The fourth-order valence-corrected chi connectivity index (χ4v) is 3.00. The van der Waals surface area contributed by atoms with Crippen LogP contribution in [0.4, 0.5) is 5.13 Å². The number of hydrogen-bond acceptors (Lipinski definition) is 6. The minimum atomic E-state index is -0.347. The van der Waals surface area contributed by atoms with Gasteiger partial charge in [-0.3, -0.25) is 14.9 Å². The van der Waals surface area contributed by atoms with Crippen molar-refractivity contribution in [2.75, 3.05) is 25.6 Å². The molecular weight excluding hydrogens is 328 g/mol.